The van der Waals surface area contributed by atoms with Gasteiger partial charge in [0, 0.05) is 22.7 Å². The van der Waals surface area contributed by atoms with E-state index in [4.69, 9.17) is 4.74 Å². The maximum Gasteiger partial charge on any atom is 0.190 e. The van der Waals surface area contributed by atoms with Crippen molar-refractivity contribution in [1.82, 2.24) is 0 Å². The van der Waals surface area contributed by atoms with E-state index in [-0.39, 0.29) is 35.4 Å². The molecule has 6 nitrogen and oxygen atoms in total. The van der Waals surface area contributed by atoms with E-state index in [1.54, 1.807) is 0 Å². The molecule has 7 heteroatoms. The van der Waals surface area contributed by atoms with Crippen LogP contribution in [0.15, 0.2) is 40.4 Å². The smallest absolute Gasteiger partial charge is 0.190 e. The van der Waals surface area contributed by atoms with E-state index in [1.807, 2.05) is 37.3 Å². The van der Waals surface area contributed by atoms with Gasteiger partial charge >= 0.3 is 0 Å². The van der Waals surface area contributed by atoms with Gasteiger partial charge in [-0.2, -0.15) is 0 Å². The first-order valence-corrected chi connectivity index (χ1v) is 14.0. The highest BCUT2D eigenvalue weighted by atomic mass is 79.9. The molecule has 3 fully saturated rings. The van der Waals surface area contributed by atoms with Gasteiger partial charge in [0.2, 0.25) is 0 Å². The Kier molecular flexibility index (Phi) is 6.87. The zero-order chi connectivity index (χ0) is 25.9. The first-order chi connectivity index (χ1) is 17.0. The number of ketones is 2. The molecule has 1 unspecified atom stereocenters. The lowest BCUT2D eigenvalue weighted by atomic mass is 9.45. The Hall–Kier alpha value is -1.38. The molecule has 0 radical (unpaired) electrons. The first kappa shape index (κ1) is 26.2. The zero-order valence-electron chi connectivity index (χ0n) is 21.1. The molecule has 8 atom stereocenters. The molecule has 0 aromatic heterocycles. The molecule has 4 aliphatic carbocycles. The van der Waals surface area contributed by atoms with Gasteiger partial charge in [-0.05, 0) is 85.5 Å². The number of hydrogen-bond acceptors (Lipinski definition) is 6. The maximum atomic E-state index is 13.4. The van der Waals surface area contributed by atoms with Crippen LogP contribution in [0.3, 0.4) is 0 Å². The third-order valence-corrected chi connectivity index (χ3v) is 10.8. The van der Waals surface area contributed by atoms with Crippen molar-refractivity contribution in [1.29, 1.82) is 0 Å². The van der Waals surface area contributed by atoms with Crippen molar-refractivity contribution < 1.29 is 29.6 Å². The Morgan fingerprint density at radius 1 is 1.17 bits per heavy atom. The number of benzene rings is 1. The van der Waals surface area contributed by atoms with Crippen molar-refractivity contribution in [2.24, 2.45) is 28.6 Å². The highest BCUT2D eigenvalue weighted by Gasteiger charge is 2.69. The summed E-state index contributed by atoms with van der Waals surface area (Å²) in [5.74, 6) is 0.0971. The van der Waals surface area contributed by atoms with E-state index >= 15 is 0 Å². The van der Waals surface area contributed by atoms with Crippen molar-refractivity contribution >= 4 is 27.5 Å². The van der Waals surface area contributed by atoms with E-state index in [1.165, 1.54) is 5.57 Å². The molecule has 4 aliphatic rings. The van der Waals surface area contributed by atoms with Crippen LogP contribution in [0.4, 0.5) is 0 Å². The molecule has 0 saturated heterocycles. The van der Waals surface area contributed by atoms with Crippen LogP contribution in [0.5, 0.6) is 0 Å². The zero-order valence-corrected chi connectivity index (χ0v) is 22.7. The van der Waals surface area contributed by atoms with E-state index in [9.17, 15) is 24.9 Å². The Morgan fingerprint density at radius 2 is 1.89 bits per heavy atom. The number of rotatable bonds is 6. The Bertz CT molecular complexity index is 1070. The molecule has 5 rings (SSSR count). The van der Waals surface area contributed by atoms with E-state index < -0.39 is 35.8 Å². The average molecular weight is 562 g/mol. The first-order valence-electron chi connectivity index (χ1n) is 13.2. The molecule has 3 N–H and O–H groups in total. The van der Waals surface area contributed by atoms with Crippen molar-refractivity contribution in [3.05, 3.63) is 46.0 Å². The number of Topliss-reactive ketones (excluding diaryl/α,β-unsaturated/α-hetero) is 1. The number of aliphatic hydroxyl groups excluding tert-OH is 3. The lowest BCUT2D eigenvalue weighted by molar-refractivity contribution is -0.241. The largest absolute Gasteiger partial charge is 0.393 e. The molecular formula is C29H37BrO6. The predicted octanol–water partition coefficient (Wildman–Crippen LogP) is 4.13. The van der Waals surface area contributed by atoms with E-state index in [2.05, 4.69) is 22.9 Å². The third kappa shape index (κ3) is 3.97. The lowest BCUT2D eigenvalue weighted by Gasteiger charge is -2.61. The highest BCUT2D eigenvalue weighted by molar-refractivity contribution is 9.10. The number of fused-ring (bicyclic) bond motifs is 5. The number of carbonyl (C=O) groups excluding carboxylic acids is 2. The van der Waals surface area contributed by atoms with Crippen molar-refractivity contribution in [3.63, 3.8) is 0 Å². The lowest BCUT2D eigenvalue weighted by Crippen LogP contribution is -2.63. The minimum atomic E-state index is -1.35. The maximum absolute atomic E-state index is 13.4. The second-order valence-electron chi connectivity index (χ2n) is 11.9. The van der Waals surface area contributed by atoms with Gasteiger partial charge in [0.1, 0.15) is 12.2 Å². The summed E-state index contributed by atoms with van der Waals surface area (Å²) in [7, 11) is 0. The van der Waals surface area contributed by atoms with Gasteiger partial charge in [-0.25, -0.2) is 0 Å². The Balaban J connectivity index is 1.46. The molecule has 0 spiro atoms. The summed E-state index contributed by atoms with van der Waals surface area (Å²) in [6, 6.07) is 7.58. The van der Waals surface area contributed by atoms with Crippen LogP contribution in [0.1, 0.15) is 64.4 Å². The van der Waals surface area contributed by atoms with Gasteiger partial charge in [-0.15, -0.1) is 0 Å². The molecule has 1 aromatic rings. The summed E-state index contributed by atoms with van der Waals surface area (Å²) in [4.78, 5) is 25.5. The quantitative estimate of drug-likeness (QED) is 0.452. The fraction of sp³-hybridized carbons (Fsp3) is 0.655. The van der Waals surface area contributed by atoms with Crippen molar-refractivity contribution in [2.45, 2.75) is 83.2 Å². The minimum absolute atomic E-state index is 0.0244. The standard InChI is InChI=1S/C29H37BrO6/c1-27-11-9-20(32)14-18(27)5-8-21-22-10-12-29(24(34)16-31,28(22,2)15-23(33)26(21)27)36-25(35)13-17-3-6-19(30)7-4-17/h3-4,6-7,14,21-23,25-26,31,33,35H,5,8-13,15-16H2,1-2H3/t21-,22-,23-,25?,26+,27-,28-,29-/m0/s1. The second kappa shape index (κ2) is 9.42. The summed E-state index contributed by atoms with van der Waals surface area (Å²) in [5.41, 5.74) is -0.235. The van der Waals surface area contributed by atoms with Gasteiger partial charge in [0.05, 0.1) is 6.10 Å². The molecule has 0 amide bonds. The number of aliphatic hydroxyl groups is 3. The Morgan fingerprint density at radius 3 is 2.58 bits per heavy atom. The summed E-state index contributed by atoms with van der Waals surface area (Å²) < 4.78 is 7.24. The molecule has 196 valence electrons. The van der Waals surface area contributed by atoms with Crippen LogP contribution < -0.4 is 0 Å². The average Bonchev–Trinajstić information content (AvgIpc) is 3.12. The number of hydrogen-bond donors (Lipinski definition) is 3. The van der Waals surface area contributed by atoms with Crippen LogP contribution in [-0.4, -0.2) is 51.5 Å². The van der Waals surface area contributed by atoms with E-state index in [0.29, 0.717) is 19.3 Å². The molecule has 3 saturated carbocycles. The number of ether oxygens (including phenoxy) is 1. The van der Waals surface area contributed by atoms with Gasteiger partial charge in [0.15, 0.2) is 17.9 Å². The van der Waals surface area contributed by atoms with Crippen LogP contribution in [0, 0.1) is 28.6 Å². The number of halogens is 1. The SMILES string of the molecule is C[C@]12CCC(=O)C=C1CC[C@@H]1[C@@H]2[C@@H](O)C[C@@]2(C)[C@H]1CC[C@]2(OC(O)Cc1ccc(Br)cc1)C(=O)CO. The highest BCUT2D eigenvalue weighted by Crippen LogP contribution is 2.68. The molecule has 36 heavy (non-hydrogen) atoms. The fourth-order valence-corrected chi connectivity index (χ4v) is 8.88. The third-order valence-electron chi connectivity index (χ3n) is 10.3. The molecule has 0 heterocycles. The molecule has 0 aliphatic heterocycles. The van der Waals surface area contributed by atoms with Crippen LogP contribution in [0.2, 0.25) is 0 Å². The molecular weight excluding hydrogens is 524 g/mol. The van der Waals surface area contributed by atoms with Gasteiger partial charge in [-0.1, -0.05) is 47.5 Å². The Labute approximate surface area is 221 Å². The molecule has 1 aromatic carbocycles. The second-order valence-corrected chi connectivity index (χ2v) is 12.8. The minimum Gasteiger partial charge on any atom is -0.393 e. The summed E-state index contributed by atoms with van der Waals surface area (Å²) in [6.07, 6.45) is 4.65. The number of allylic oxidation sites excluding steroid dienone is 1. The van der Waals surface area contributed by atoms with Gasteiger partial charge in [0.25, 0.3) is 0 Å². The summed E-state index contributed by atoms with van der Waals surface area (Å²) >= 11 is 3.42. The van der Waals surface area contributed by atoms with Gasteiger partial charge in [-0.3, -0.25) is 9.59 Å². The van der Waals surface area contributed by atoms with Crippen molar-refractivity contribution in [2.75, 3.05) is 6.61 Å². The van der Waals surface area contributed by atoms with Crippen LogP contribution in [-0.2, 0) is 20.7 Å². The number of carbonyl (C=O) groups is 2. The van der Waals surface area contributed by atoms with Crippen LogP contribution in [0.25, 0.3) is 0 Å². The fourth-order valence-electron chi connectivity index (χ4n) is 8.62. The van der Waals surface area contributed by atoms with E-state index in [0.717, 1.165) is 35.7 Å². The summed E-state index contributed by atoms with van der Waals surface area (Å²) in [5, 5.41) is 32.7. The normalized spacial score (nSPS) is 40.6. The van der Waals surface area contributed by atoms with Crippen molar-refractivity contribution in [3.8, 4) is 0 Å². The molecule has 0 bridgehead atoms. The summed E-state index contributed by atoms with van der Waals surface area (Å²) in [6.45, 7) is 3.56. The monoisotopic (exact) mass is 560 g/mol. The topological polar surface area (TPSA) is 104 Å². The van der Waals surface area contributed by atoms with Crippen LogP contribution >= 0.6 is 15.9 Å². The predicted molar refractivity (Wildman–Crippen MR) is 138 cm³/mol. The van der Waals surface area contributed by atoms with Gasteiger partial charge < -0.3 is 20.1 Å².